The van der Waals surface area contributed by atoms with Crippen LogP contribution in [0, 0.1) is 12.8 Å². The van der Waals surface area contributed by atoms with E-state index in [2.05, 4.69) is 20.4 Å². The number of aromatic nitrogens is 3. The highest BCUT2D eigenvalue weighted by atomic mass is 16.2. The molecule has 1 N–H and O–H groups in total. The lowest BCUT2D eigenvalue weighted by molar-refractivity contribution is -0.119. The number of rotatable bonds is 3. The van der Waals surface area contributed by atoms with Gasteiger partial charge in [0.2, 0.25) is 5.91 Å². The number of likely N-dealkylation sites (tertiary alicyclic amines) is 1. The Labute approximate surface area is 130 Å². The first kappa shape index (κ1) is 14.7. The van der Waals surface area contributed by atoms with Gasteiger partial charge in [-0.1, -0.05) is 18.2 Å². The van der Waals surface area contributed by atoms with E-state index in [1.807, 2.05) is 55.9 Å². The summed E-state index contributed by atoms with van der Waals surface area (Å²) < 4.78 is 1.98. The average Bonchev–Trinajstić information content (AvgIpc) is 3.04. The van der Waals surface area contributed by atoms with Crippen LogP contribution in [0.25, 0.3) is 0 Å². The molecular weight excluding hydrogens is 278 g/mol. The third-order valence-corrected chi connectivity index (χ3v) is 4.34. The number of amides is 1. The Balaban J connectivity index is 1.81. The Bertz CT molecular complexity index is 666. The van der Waals surface area contributed by atoms with Crippen molar-refractivity contribution in [3.63, 3.8) is 0 Å². The van der Waals surface area contributed by atoms with Crippen molar-refractivity contribution in [2.24, 2.45) is 13.0 Å². The molecule has 0 saturated carbocycles. The topological polar surface area (TPSA) is 63.1 Å². The van der Waals surface area contributed by atoms with Crippen molar-refractivity contribution in [1.29, 1.82) is 0 Å². The number of anilines is 1. The van der Waals surface area contributed by atoms with E-state index in [9.17, 15) is 4.79 Å². The molecule has 2 atom stereocenters. The summed E-state index contributed by atoms with van der Waals surface area (Å²) in [5.41, 5.74) is 0.829. The summed E-state index contributed by atoms with van der Waals surface area (Å²) in [4.78, 5) is 14.8. The molecule has 0 aliphatic carbocycles. The number of para-hydroxylation sites is 1. The van der Waals surface area contributed by atoms with Gasteiger partial charge in [0, 0.05) is 31.7 Å². The summed E-state index contributed by atoms with van der Waals surface area (Å²) in [6.07, 6.45) is 0. The highest BCUT2D eigenvalue weighted by molar-refractivity contribution is 5.93. The van der Waals surface area contributed by atoms with Crippen LogP contribution in [0.5, 0.6) is 0 Å². The van der Waals surface area contributed by atoms with E-state index in [0.717, 1.165) is 30.4 Å². The number of carbonyl (C=O) groups excluding carboxylic acids is 1. The highest BCUT2D eigenvalue weighted by Crippen LogP contribution is 2.31. The predicted molar refractivity (Wildman–Crippen MR) is 84.5 cm³/mol. The Morgan fingerprint density at radius 3 is 2.55 bits per heavy atom. The van der Waals surface area contributed by atoms with Crippen LogP contribution in [-0.2, 0) is 11.8 Å². The van der Waals surface area contributed by atoms with Crippen molar-refractivity contribution < 1.29 is 4.79 Å². The van der Waals surface area contributed by atoms with Gasteiger partial charge in [0.25, 0.3) is 0 Å². The van der Waals surface area contributed by atoms with Crippen molar-refractivity contribution >= 4 is 11.6 Å². The van der Waals surface area contributed by atoms with Crippen LogP contribution in [0.3, 0.4) is 0 Å². The first-order valence-electron chi connectivity index (χ1n) is 7.46. The van der Waals surface area contributed by atoms with Gasteiger partial charge in [-0.25, -0.2) is 0 Å². The van der Waals surface area contributed by atoms with E-state index in [1.54, 1.807) is 0 Å². The molecule has 6 heteroatoms. The number of likely N-dealkylation sites (N-methyl/N-ethyl adjacent to an activating group) is 1. The Morgan fingerprint density at radius 2 is 1.91 bits per heavy atom. The third-order valence-electron chi connectivity index (χ3n) is 4.34. The molecule has 1 aromatic carbocycles. The van der Waals surface area contributed by atoms with Crippen LogP contribution in [0.15, 0.2) is 30.3 Å². The maximum Gasteiger partial charge on any atom is 0.229 e. The molecule has 2 aromatic rings. The van der Waals surface area contributed by atoms with E-state index in [0.29, 0.717) is 0 Å². The SMILES string of the molecule is Cc1nnc([C@H]2CN(C)C[C@@H]2C(=O)Nc2ccccc2)n1C. The van der Waals surface area contributed by atoms with E-state index < -0.39 is 0 Å². The monoisotopic (exact) mass is 299 g/mol. The lowest BCUT2D eigenvalue weighted by Crippen LogP contribution is -2.29. The van der Waals surface area contributed by atoms with Crippen molar-refractivity contribution in [2.45, 2.75) is 12.8 Å². The van der Waals surface area contributed by atoms with Crippen molar-refractivity contribution in [2.75, 3.05) is 25.5 Å². The molecule has 6 nitrogen and oxygen atoms in total. The molecule has 1 saturated heterocycles. The first-order chi connectivity index (χ1) is 10.6. The van der Waals surface area contributed by atoms with Gasteiger partial charge in [0.05, 0.1) is 5.92 Å². The zero-order valence-electron chi connectivity index (χ0n) is 13.2. The number of benzene rings is 1. The fraction of sp³-hybridized carbons (Fsp3) is 0.438. The Hall–Kier alpha value is -2.21. The molecular formula is C16H21N5O. The number of nitrogens with zero attached hydrogens (tertiary/aromatic N) is 4. The second-order valence-electron chi connectivity index (χ2n) is 5.95. The minimum atomic E-state index is -0.118. The second kappa shape index (κ2) is 5.88. The molecule has 0 radical (unpaired) electrons. The zero-order valence-corrected chi connectivity index (χ0v) is 13.2. The third kappa shape index (κ3) is 2.74. The molecule has 0 unspecified atom stereocenters. The Morgan fingerprint density at radius 1 is 1.18 bits per heavy atom. The van der Waals surface area contributed by atoms with Gasteiger partial charge in [0.15, 0.2) is 0 Å². The van der Waals surface area contributed by atoms with E-state index in [-0.39, 0.29) is 17.7 Å². The summed E-state index contributed by atoms with van der Waals surface area (Å²) >= 11 is 0. The van der Waals surface area contributed by atoms with Crippen LogP contribution >= 0.6 is 0 Å². The van der Waals surface area contributed by atoms with E-state index in [4.69, 9.17) is 0 Å². The summed E-state index contributed by atoms with van der Waals surface area (Å²) in [5.74, 6) is 1.75. The first-order valence-corrected chi connectivity index (χ1v) is 7.46. The highest BCUT2D eigenvalue weighted by Gasteiger charge is 2.39. The summed E-state index contributed by atoms with van der Waals surface area (Å²) in [7, 11) is 3.99. The van der Waals surface area contributed by atoms with Crippen molar-refractivity contribution in [3.8, 4) is 0 Å². The maximum atomic E-state index is 12.7. The van der Waals surface area contributed by atoms with Crippen LogP contribution < -0.4 is 5.32 Å². The van der Waals surface area contributed by atoms with Crippen LogP contribution in [0.4, 0.5) is 5.69 Å². The normalized spacial score (nSPS) is 22.0. The summed E-state index contributed by atoms with van der Waals surface area (Å²) in [6, 6.07) is 9.57. The fourth-order valence-corrected chi connectivity index (χ4v) is 3.03. The molecule has 116 valence electrons. The number of hydrogen-bond acceptors (Lipinski definition) is 4. The molecule has 2 heterocycles. The molecule has 1 fully saturated rings. The number of hydrogen-bond donors (Lipinski definition) is 1. The largest absolute Gasteiger partial charge is 0.326 e. The van der Waals surface area contributed by atoms with E-state index >= 15 is 0 Å². The van der Waals surface area contributed by atoms with Crippen molar-refractivity contribution in [3.05, 3.63) is 42.0 Å². The molecule has 1 amide bonds. The fourth-order valence-electron chi connectivity index (χ4n) is 3.03. The van der Waals surface area contributed by atoms with Crippen LogP contribution in [-0.4, -0.2) is 45.7 Å². The number of carbonyl (C=O) groups is 1. The van der Waals surface area contributed by atoms with Crippen LogP contribution in [0.2, 0.25) is 0 Å². The van der Waals surface area contributed by atoms with Gasteiger partial charge >= 0.3 is 0 Å². The lowest BCUT2D eigenvalue weighted by Gasteiger charge is -2.17. The quantitative estimate of drug-likeness (QED) is 0.931. The van der Waals surface area contributed by atoms with Gasteiger partial charge in [0.1, 0.15) is 11.6 Å². The van der Waals surface area contributed by atoms with Crippen LogP contribution in [0.1, 0.15) is 17.6 Å². The number of aryl methyl sites for hydroxylation is 1. The Kier molecular flexibility index (Phi) is 3.94. The standard InChI is InChI=1S/C16H21N5O/c1-11-18-19-15(21(11)3)13-9-20(2)10-14(13)16(22)17-12-7-5-4-6-8-12/h4-8,13-14H,9-10H2,1-3H3,(H,17,22)/t13-,14-/m0/s1. The van der Waals surface area contributed by atoms with Gasteiger partial charge in [-0.2, -0.15) is 0 Å². The minimum absolute atomic E-state index is 0.0428. The molecule has 0 spiro atoms. The molecule has 0 bridgehead atoms. The molecule has 1 aliphatic heterocycles. The van der Waals surface area contributed by atoms with Gasteiger partial charge < -0.3 is 14.8 Å². The van der Waals surface area contributed by atoms with E-state index in [1.165, 1.54) is 0 Å². The zero-order chi connectivity index (χ0) is 15.7. The van der Waals surface area contributed by atoms with Crippen molar-refractivity contribution in [1.82, 2.24) is 19.7 Å². The minimum Gasteiger partial charge on any atom is -0.326 e. The summed E-state index contributed by atoms with van der Waals surface area (Å²) in [6.45, 7) is 3.47. The number of nitrogens with one attached hydrogen (secondary N) is 1. The smallest absolute Gasteiger partial charge is 0.229 e. The summed E-state index contributed by atoms with van der Waals surface area (Å²) in [5, 5.41) is 11.4. The second-order valence-corrected chi connectivity index (χ2v) is 5.95. The molecule has 1 aromatic heterocycles. The van der Waals surface area contributed by atoms with Gasteiger partial charge in [-0.15, -0.1) is 10.2 Å². The average molecular weight is 299 g/mol. The maximum absolute atomic E-state index is 12.7. The molecule has 3 rings (SSSR count). The van der Waals surface area contributed by atoms with Gasteiger partial charge in [-0.3, -0.25) is 4.79 Å². The molecule has 1 aliphatic rings. The molecule has 22 heavy (non-hydrogen) atoms. The predicted octanol–water partition coefficient (Wildman–Crippen LogP) is 1.41. The lowest BCUT2D eigenvalue weighted by atomic mass is 9.94. The van der Waals surface area contributed by atoms with Gasteiger partial charge in [-0.05, 0) is 26.1 Å².